The molecule has 0 saturated carbocycles. The first kappa shape index (κ1) is 24.4. The van der Waals surface area contributed by atoms with Crippen LogP contribution in [0.5, 0.6) is 11.6 Å². The van der Waals surface area contributed by atoms with E-state index in [1.54, 1.807) is 7.11 Å². The van der Waals surface area contributed by atoms with Crippen molar-refractivity contribution in [3.63, 3.8) is 0 Å². The Labute approximate surface area is 198 Å². The van der Waals surface area contributed by atoms with Crippen molar-refractivity contribution in [2.75, 3.05) is 13.7 Å². The van der Waals surface area contributed by atoms with Gasteiger partial charge in [-0.2, -0.15) is 0 Å². The van der Waals surface area contributed by atoms with Crippen molar-refractivity contribution in [1.29, 1.82) is 0 Å². The van der Waals surface area contributed by atoms with Crippen LogP contribution in [-0.4, -0.2) is 74.6 Å². The summed E-state index contributed by atoms with van der Waals surface area (Å²) in [5, 5.41) is 45.6. The molecule has 1 aliphatic heterocycles. The van der Waals surface area contributed by atoms with Crippen LogP contribution >= 0.6 is 0 Å². The van der Waals surface area contributed by atoms with Gasteiger partial charge in [0.25, 0.3) is 0 Å². The number of nitrogens with zero attached hydrogens (tertiary/aromatic N) is 2. The van der Waals surface area contributed by atoms with Gasteiger partial charge in [0.05, 0.1) is 24.6 Å². The van der Waals surface area contributed by atoms with Gasteiger partial charge in [0.1, 0.15) is 30.2 Å². The van der Waals surface area contributed by atoms with Gasteiger partial charge in [-0.25, -0.2) is 0 Å². The van der Waals surface area contributed by atoms with E-state index in [1.165, 1.54) is 0 Å². The lowest BCUT2D eigenvalue weighted by molar-refractivity contribution is -0.278. The van der Waals surface area contributed by atoms with Crippen LogP contribution in [0.4, 0.5) is 0 Å². The van der Waals surface area contributed by atoms with Crippen LogP contribution in [0.25, 0.3) is 10.9 Å². The topological polar surface area (TPSA) is 126 Å². The first-order valence-corrected chi connectivity index (χ1v) is 11.4. The average Bonchev–Trinajstić information content (AvgIpc) is 3.22. The van der Waals surface area contributed by atoms with Crippen molar-refractivity contribution in [2.45, 2.75) is 63.4 Å². The van der Waals surface area contributed by atoms with E-state index >= 15 is 0 Å². The molecule has 0 aliphatic carbocycles. The number of aromatic nitrogens is 2. The van der Waals surface area contributed by atoms with E-state index in [1.807, 2.05) is 61.0 Å². The molecule has 1 fully saturated rings. The smallest absolute Gasteiger partial charge is 0.243 e. The Kier molecular flexibility index (Phi) is 7.39. The maximum atomic E-state index is 10.4. The van der Waals surface area contributed by atoms with Crippen molar-refractivity contribution in [2.24, 2.45) is 0 Å². The zero-order chi connectivity index (χ0) is 24.4. The molecule has 1 saturated heterocycles. The largest absolute Gasteiger partial charge is 0.497 e. The van der Waals surface area contributed by atoms with Crippen LogP contribution in [0.15, 0.2) is 42.5 Å². The number of hydrogen-bond donors (Lipinski definition) is 4. The number of aliphatic hydroxyl groups is 4. The summed E-state index contributed by atoms with van der Waals surface area (Å²) < 4.78 is 18.6. The third-order valence-corrected chi connectivity index (χ3v) is 6.20. The van der Waals surface area contributed by atoms with E-state index in [4.69, 9.17) is 14.2 Å². The average molecular weight is 473 g/mol. The fraction of sp³-hybridized carbons (Fsp3) is 0.480. The summed E-state index contributed by atoms with van der Waals surface area (Å²) >= 11 is 0. The van der Waals surface area contributed by atoms with Crippen LogP contribution in [0.1, 0.15) is 31.0 Å². The lowest BCUT2D eigenvalue weighted by Crippen LogP contribution is -2.60. The number of methoxy groups -OCH3 is 1. The predicted molar refractivity (Wildman–Crippen MR) is 125 cm³/mol. The van der Waals surface area contributed by atoms with Crippen molar-refractivity contribution in [1.82, 2.24) is 9.78 Å². The molecule has 0 bridgehead atoms. The van der Waals surface area contributed by atoms with Crippen LogP contribution in [0.2, 0.25) is 0 Å². The highest BCUT2D eigenvalue weighted by Gasteiger charge is 2.45. The number of hydrogen-bond acceptors (Lipinski definition) is 8. The van der Waals surface area contributed by atoms with E-state index in [-0.39, 0.29) is 11.9 Å². The molecular weight excluding hydrogens is 440 g/mol. The molecule has 0 spiro atoms. The fourth-order valence-electron chi connectivity index (χ4n) is 4.26. The monoisotopic (exact) mass is 472 g/mol. The second-order valence-electron chi connectivity index (χ2n) is 8.82. The highest BCUT2D eigenvalue weighted by Crippen LogP contribution is 2.34. The predicted octanol–water partition coefficient (Wildman–Crippen LogP) is 1.59. The van der Waals surface area contributed by atoms with Gasteiger partial charge in [-0.05, 0) is 56.0 Å². The van der Waals surface area contributed by atoms with Gasteiger partial charge in [-0.15, -0.1) is 5.10 Å². The molecule has 184 valence electrons. The molecule has 2 aromatic carbocycles. The molecule has 34 heavy (non-hydrogen) atoms. The summed E-state index contributed by atoms with van der Waals surface area (Å²) in [4.78, 5) is 0. The van der Waals surface area contributed by atoms with Gasteiger partial charge in [-0.1, -0.05) is 24.3 Å². The van der Waals surface area contributed by atoms with Gasteiger partial charge in [-0.3, -0.25) is 4.68 Å². The molecule has 9 heteroatoms. The number of benzene rings is 2. The number of rotatable bonds is 8. The molecule has 0 amide bonds. The minimum absolute atomic E-state index is 0.0477. The van der Waals surface area contributed by atoms with Crippen molar-refractivity contribution >= 4 is 10.9 Å². The summed E-state index contributed by atoms with van der Waals surface area (Å²) in [7, 11) is 1.64. The maximum Gasteiger partial charge on any atom is 0.243 e. The van der Waals surface area contributed by atoms with Crippen LogP contribution in [0, 0.1) is 0 Å². The molecule has 9 nitrogen and oxygen atoms in total. The second kappa shape index (κ2) is 10.3. The van der Waals surface area contributed by atoms with Crippen molar-refractivity contribution in [3.05, 3.63) is 53.6 Å². The first-order chi connectivity index (χ1) is 16.3. The molecule has 5 atom stereocenters. The van der Waals surface area contributed by atoms with E-state index in [0.29, 0.717) is 0 Å². The minimum Gasteiger partial charge on any atom is -0.497 e. The zero-order valence-corrected chi connectivity index (χ0v) is 19.5. The lowest BCUT2D eigenvalue weighted by Gasteiger charge is -2.39. The minimum atomic E-state index is -1.52. The summed E-state index contributed by atoms with van der Waals surface area (Å²) in [6, 6.07) is 13.9. The Morgan fingerprint density at radius 2 is 1.74 bits per heavy atom. The van der Waals surface area contributed by atoms with E-state index in [0.717, 1.165) is 40.6 Å². The molecule has 1 aliphatic rings. The Hall–Kier alpha value is -2.69. The third-order valence-electron chi connectivity index (χ3n) is 6.20. The summed E-state index contributed by atoms with van der Waals surface area (Å²) in [5.41, 5.74) is 3.05. The Balaban J connectivity index is 1.65. The normalized spacial score (nSPS) is 25.1. The lowest BCUT2D eigenvalue weighted by atomic mass is 9.99. The summed E-state index contributed by atoms with van der Waals surface area (Å²) in [6.45, 7) is 3.49. The molecular formula is C25H32N2O7. The van der Waals surface area contributed by atoms with Gasteiger partial charge in [0.15, 0.2) is 0 Å². The highest BCUT2D eigenvalue weighted by atomic mass is 16.7. The van der Waals surface area contributed by atoms with Gasteiger partial charge >= 0.3 is 0 Å². The second-order valence-corrected chi connectivity index (χ2v) is 8.82. The molecule has 4 rings (SSSR count). The quantitative estimate of drug-likeness (QED) is 0.389. The Morgan fingerprint density at radius 3 is 2.38 bits per heavy atom. The van der Waals surface area contributed by atoms with E-state index in [2.05, 4.69) is 5.10 Å². The van der Waals surface area contributed by atoms with E-state index < -0.39 is 37.3 Å². The van der Waals surface area contributed by atoms with Crippen molar-refractivity contribution in [3.8, 4) is 11.6 Å². The first-order valence-electron chi connectivity index (χ1n) is 11.4. The highest BCUT2D eigenvalue weighted by molar-refractivity contribution is 5.88. The summed E-state index contributed by atoms with van der Waals surface area (Å²) in [5.74, 6) is 1.07. The van der Waals surface area contributed by atoms with Crippen molar-refractivity contribution < 1.29 is 34.6 Å². The number of ether oxygens (including phenoxy) is 3. The van der Waals surface area contributed by atoms with E-state index in [9.17, 15) is 20.4 Å². The molecule has 4 N–H and O–H groups in total. The summed E-state index contributed by atoms with van der Waals surface area (Å²) in [6.07, 6.45) is -5.34. The molecule has 0 unspecified atom stereocenters. The van der Waals surface area contributed by atoms with Crippen LogP contribution in [-0.2, 0) is 17.6 Å². The third kappa shape index (κ3) is 4.75. The molecule has 0 radical (unpaired) electrons. The molecule has 3 aromatic rings. The zero-order valence-electron chi connectivity index (χ0n) is 19.5. The van der Waals surface area contributed by atoms with Gasteiger partial charge < -0.3 is 34.6 Å². The fourth-order valence-corrected chi connectivity index (χ4v) is 4.26. The Morgan fingerprint density at radius 1 is 1.00 bits per heavy atom. The standard InChI is InChI=1S/C25H32N2O7/c1-14(2)27-18-6-4-5-16(10-7-15-8-11-17(32-3)12-9-15)20(18)24(26-27)34-25-23(31)22(30)21(29)19(13-28)33-25/h4-6,8-9,11-12,14,19,21-23,25,28-31H,7,10,13H2,1-3H3/t19-,21-,22+,23-,25+/m1/s1. The molecule has 1 aromatic heterocycles. The van der Waals surface area contributed by atoms with Crippen LogP contribution < -0.4 is 9.47 Å². The maximum absolute atomic E-state index is 10.4. The SMILES string of the molecule is COc1ccc(CCc2cccc3c2c(O[C@@H]2O[C@H](CO)[C@@H](O)[C@H](O)[C@H]2O)nn3C(C)C)cc1. The number of aryl methyl sites for hydroxylation is 2. The number of fused-ring (bicyclic) bond motifs is 1. The van der Waals surface area contributed by atoms with Crippen LogP contribution in [0.3, 0.4) is 0 Å². The van der Waals surface area contributed by atoms with Gasteiger partial charge in [0.2, 0.25) is 12.2 Å². The number of aliphatic hydroxyl groups excluding tert-OH is 4. The Bertz CT molecular complexity index is 1100. The molecule has 2 heterocycles. The van der Waals surface area contributed by atoms with Gasteiger partial charge in [0, 0.05) is 6.04 Å².